The molecule has 0 aromatic heterocycles. The Balaban J connectivity index is 4.28. The monoisotopic (exact) mass is 216 g/mol. The topological polar surface area (TPSA) is 127 Å². The highest BCUT2D eigenvalue weighted by Crippen LogP contribution is 1.93. The lowest BCUT2D eigenvalue weighted by Crippen LogP contribution is -2.43. The van der Waals surface area contributed by atoms with Gasteiger partial charge in [0, 0.05) is 0 Å². The summed E-state index contributed by atoms with van der Waals surface area (Å²) in [6, 6.07) is -1.38. The molecule has 1 atom stereocenters. The van der Waals surface area contributed by atoms with Crippen molar-refractivity contribution in [2.75, 3.05) is 0 Å². The summed E-state index contributed by atoms with van der Waals surface area (Å²) in [6.45, 7) is 1.20. The summed E-state index contributed by atoms with van der Waals surface area (Å²) < 4.78 is 0. The summed E-state index contributed by atoms with van der Waals surface area (Å²) in [5.41, 5.74) is 4.79. The molecule has 15 heavy (non-hydrogen) atoms. The number of carbonyl (C=O) groups is 4. The Bertz CT molecular complexity index is 299. The van der Waals surface area contributed by atoms with E-state index in [4.69, 9.17) is 10.8 Å². The third kappa shape index (κ3) is 6.19. The zero-order chi connectivity index (χ0) is 12.0. The molecule has 0 heterocycles. The maximum Gasteiger partial charge on any atom is 0.326 e. The Hall–Kier alpha value is -1.92. The van der Waals surface area contributed by atoms with Gasteiger partial charge in [-0.3, -0.25) is 14.4 Å². The number of aliphatic carboxylic acids is 1. The van der Waals surface area contributed by atoms with Crippen LogP contribution in [0.25, 0.3) is 0 Å². The van der Waals surface area contributed by atoms with Crippen LogP contribution >= 0.6 is 0 Å². The van der Waals surface area contributed by atoms with Crippen LogP contribution in [0.4, 0.5) is 0 Å². The molecule has 0 bridgehead atoms. The first kappa shape index (κ1) is 13.1. The fourth-order valence-electron chi connectivity index (χ4n) is 0.873. The zero-order valence-electron chi connectivity index (χ0n) is 8.15. The standard InChI is InChI=1S/C8H12N2O5/c1-4(11)2-7(13)10-5(8(14)15)3-6(9)12/h5H,2-3H2,1H3,(H2,9,12)(H,10,13)(H,14,15). The molecule has 4 N–H and O–H groups in total. The fourth-order valence-corrected chi connectivity index (χ4v) is 0.873. The largest absolute Gasteiger partial charge is 0.480 e. The second kappa shape index (κ2) is 5.74. The number of Topliss-reactive ketones (excluding diaryl/α,β-unsaturated/α-hetero) is 1. The van der Waals surface area contributed by atoms with E-state index in [-0.39, 0.29) is 0 Å². The van der Waals surface area contributed by atoms with Crippen molar-refractivity contribution in [3.05, 3.63) is 0 Å². The molecule has 0 aliphatic carbocycles. The number of hydrogen-bond donors (Lipinski definition) is 3. The van der Waals surface area contributed by atoms with Crippen LogP contribution in [0.3, 0.4) is 0 Å². The van der Waals surface area contributed by atoms with E-state index in [1.807, 2.05) is 5.32 Å². The normalized spacial score (nSPS) is 11.5. The van der Waals surface area contributed by atoms with Crippen LogP contribution < -0.4 is 11.1 Å². The minimum absolute atomic E-state index is 0.393. The van der Waals surface area contributed by atoms with Gasteiger partial charge in [-0.15, -0.1) is 0 Å². The number of hydrogen-bond acceptors (Lipinski definition) is 4. The molecule has 7 nitrogen and oxygen atoms in total. The van der Waals surface area contributed by atoms with Crippen molar-refractivity contribution in [2.45, 2.75) is 25.8 Å². The second-order valence-electron chi connectivity index (χ2n) is 3.01. The van der Waals surface area contributed by atoms with E-state index in [2.05, 4.69) is 0 Å². The summed E-state index contributed by atoms with van der Waals surface area (Å²) in [7, 11) is 0. The highest BCUT2D eigenvalue weighted by atomic mass is 16.4. The van der Waals surface area contributed by atoms with Gasteiger partial charge in [0.05, 0.1) is 12.8 Å². The molecule has 0 aliphatic heterocycles. The van der Waals surface area contributed by atoms with Gasteiger partial charge < -0.3 is 16.2 Å². The van der Waals surface area contributed by atoms with Gasteiger partial charge in [0.1, 0.15) is 11.8 Å². The Morgan fingerprint density at radius 2 is 1.87 bits per heavy atom. The smallest absolute Gasteiger partial charge is 0.326 e. The molecule has 2 amide bonds. The van der Waals surface area contributed by atoms with Crippen LogP contribution in [0.1, 0.15) is 19.8 Å². The van der Waals surface area contributed by atoms with Gasteiger partial charge in [-0.2, -0.15) is 0 Å². The number of carbonyl (C=O) groups excluding carboxylic acids is 3. The Kier molecular flexibility index (Phi) is 5.00. The molecule has 0 saturated carbocycles. The maximum atomic E-state index is 11.0. The summed E-state index contributed by atoms with van der Waals surface area (Å²) in [5, 5.41) is 10.6. The molecule has 0 rings (SSSR count). The Labute approximate surface area is 85.6 Å². The molecule has 0 fully saturated rings. The number of carboxylic acids is 1. The van der Waals surface area contributed by atoms with Gasteiger partial charge in [0.15, 0.2) is 0 Å². The van der Waals surface area contributed by atoms with Crippen molar-refractivity contribution in [3.8, 4) is 0 Å². The highest BCUT2D eigenvalue weighted by Gasteiger charge is 2.22. The molecule has 84 valence electrons. The number of carboxylic acid groups (broad SMARTS) is 1. The van der Waals surface area contributed by atoms with E-state index >= 15 is 0 Å². The third-order valence-electron chi connectivity index (χ3n) is 1.45. The first-order valence-corrected chi connectivity index (χ1v) is 4.13. The summed E-state index contributed by atoms with van der Waals surface area (Å²) >= 11 is 0. The first-order chi connectivity index (χ1) is 6.82. The molecule has 7 heteroatoms. The molecule has 0 aliphatic rings. The molecule has 1 unspecified atom stereocenters. The molecule has 0 aromatic rings. The Morgan fingerprint density at radius 3 is 2.20 bits per heavy atom. The molecule has 0 spiro atoms. The number of nitrogens with one attached hydrogen (secondary N) is 1. The van der Waals surface area contributed by atoms with Gasteiger partial charge in [-0.05, 0) is 6.92 Å². The fraction of sp³-hybridized carbons (Fsp3) is 0.500. The van der Waals surface area contributed by atoms with Crippen LogP contribution in [-0.4, -0.2) is 34.7 Å². The predicted octanol–water partition coefficient (Wildman–Crippen LogP) is -1.59. The van der Waals surface area contributed by atoms with E-state index < -0.39 is 42.5 Å². The lowest BCUT2D eigenvalue weighted by atomic mass is 10.2. The maximum absolute atomic E-state index is 11.0. The van der Waals surface area contributed by atoms with Crippen LogP contribution in [-0.2, 0) is 19.2 Å². The summed E-state index contributed by atoms with van der Waals surface area (Å²) in [6.07, 6.45) is -0.915. The number of primary amides is 1. The molecule has 0 saturated heterocycles. The van der Waals surface area contributed by atoms with Gasteiger partial charge in [-0.1, -0.05) is 0 Å². The van der Waals surface area contributed by atoms with Crippen molar-refractivity contribution in [3.63, 3.8) is 0 Å². The van der Waals surface area contributed by atoms with Gasteiger partial charge in [-0.25, -0.2) is 4.79 Å². The average Bonchev–Trinajstić information content (AvgIpc) is 1.99. The average molecular weight is 216 g/mol. The predicted molar refractivity (Wildman–Crippen MR) is 48.7 cm³/mol. The SMILES string of the molecule is CC(=O)CC(=O)NC(CC(N)=O)C(=O)O. The Morgan fingerprint density at radius 1 is 1.33 bits per heavy atom. The minimum atomic E-state index is -1.38. The van der Waals surface area contributed by atoms with E-state index in [1.54, 1.807) is 0 Å². The molecular formula is C8H12N2O5. The van der Waals surface area contributed by atoms with Gasteiger partial charge in [0.25, 0.3) is 0 Å². The molecular weight excluding hydrogens is 204 g/mol. The first-order valence-electron chi connectivity index (χ1n) is 4.13. The van der Waals surface area contributed by atoms with Gasteiger partial charge in [0.2, 0.25) is 11.8 Å². The van der Waals surface area contributed by atoms with Crippen LogP contribution in [0.5, 0.6) is 0 Å². The quantitative estimate of drug-likeness (QED) is 0.461. The number of ketones is 1. The zero-order valence-corrected chi connectivity index (χ0v) is 8.15. The van der Waals surface area contributed by atoms with Crippen molar-refractivity contribution >= 4 is 23.6 Å². The lowest BCUT2D eigenvalue weighted by Gasteiger charge is -2.11. The van der Waals surface area contributed by atoms with Crippen LogP contribution in [0, 0.1) is 0 Å². The van der Waals surface area contributed by atoms with Crippen molar-refractivity contribution in [2.24, 2.45) is 5.73 Å². The number of rotatable bonds is 6. The lowest BCUT2D eigenvalue weighted by molar-refractivity contribution is -0.143. The summed E-state index contributed by atoms with van der Waals surface area (Å²) in [5.74, 6) is -3.34. The highest BCUT2D eigenvalue weighted by molar-refractivity contribution is 5.98. The number of nitrogens with two attached hydrogens (primary N) is 1. The van der Waals surface area contributed by atoms with Crippen molar-refractivity contribution in [1.29, 1.82) is 0 Å². The van der Waals surface area contributed by atoms with Crippen molar-refractivity contribution < 1.29 is 24.3 Å². The number of amides is 2. The van der Waals surface area contributed by atoms with E-state index in [0.717, 1.165) is 0 Å². The third-order valence-corrected chi connectivity index (χ3v) is 1.45. The van der Waals surface area contributed by atoms with E-state index in [9.17, 15) is 19.2 Å². The molecule has 0 radical (unpaired) electrons. The summed E-state index contributed by atoms with van der Waals surface area (Å²) in [4.78, 5) is 42.5. The van der Waals surface area contributed by atoms with Crippen LogP contribution in [0.2, 0.25) is 0 Å². The molecule has 0 aromatic carbocycles. The van der Waals surface area contributed by atoms with Gasteiger partial charge >= 0.3 is 5.97 Å². The van der Waals surface area contributed by atoms with Crippen molar-refractivity contribution in [1.82, 2.24) is 5.32 Å². The van der Waals surface area contributed by atoms with E-state index in [0.29, 0.717) is 0 Å². The second-order valence-corrected chi connectivity index (χ2v) is 3.01. The van der Waals surface area contributed by atoms with E-state index in [1.165, 1.54) is 6.92 Å². The minimum Gasteiger partial charge on any atom is -0.480 e. The van der Waals surface area contributed by atoms with Crippen LogP contribution in [0.15, 0.2) is 0 Å².